The fourth-order valence-electron chi connectivity index (χ4n) is 1.26. The largest absolute Gasteiger partial charge is 0.479 e. The lowest BCUT2D eigenvalue weighted by Gasteiger charge is -2.17. The fraction of sp³-hybridized carbons (Fsp3) is 0.429. The van der Waals surface area contributed by atoms with Crippen molar-refractivity contribution in [3.63, 3.8) is 0 Å². The van der Waals surface area contributed by atoms with Gasteiger partial charge in [0.05, 0.1) is 0 Å². The Balaban J connectivity index is 2.84. The Morgan fingerprint density at radius 1 is 1.50 bits per heavy atom. The van der Waals surface area contributed by atoms with E-state index in [2.05, 4.69) is 6.58 Å². The number of amides is 1. The molecule has 0 radical (unpaired) electrons. The van der Waals surface area contributed by atoms with Crippen molar-refractivity contribution in [3.8, 4) is 0 Å². The van der Waals surface area contributed by atoms with E-state index in [1.54, 1.807) is 0 Å². The van der Waals surface area contributed by atoms with Crippen LogP contribution >= 0.6 is 0 Å². The molecule has 0 saturated carbocycles. The van der Waals surface area contributed by atoms with Crippen LogP contribution in [0.5, 0.6) is 0 Å². The average molecular weight is 171 g/mol. The molecule has 1 heterocycles. The lowest BCUT2D eigenvalue weighted by atomic mass is 10.1. The third kappa shape index (κ3) is 1.25. The van der Waals surface area contributed by atoms with Crippen molar-refractivity contribution in [2.45, 2.75) is 12.5 Å². The van der Waals surface area contributed by atoms with Crippen LogP contribution in [0.3, 0.4) is 0 Å². The number of aliphatic carboxylic acids is 1. The maximum absolute atomic E-state index is 10.6. The topological polar surface area (TPSA) is 77.8 Å². The van der Waals surface area contributed by atoms with Crippen molar-refractivity contribution in [1.29, 1.82) is 0 Å². The SMILES string of the molecule is C=C1CCN(C(=O)O)C1C(=O)O. The molecule has 1 saturated heterocycles. The molecule has 1 amide bonds. The second-order valence-corrected chi connectivity index (χ2v) is 2.62. The van der Waals surface area contributed by atoms with Crippen LogP contribution in [0, 0.1) is 0 Å². The lowest BCUT2D eigenvalue weighted by molar-refractivity contribution is -0.140. The number of nitrogens with zero attached hydrogens (tertiary/aromatic N) is 1. The Hall–Kier alpha value is -1.52. The molecule has 0 bridgehead atoms. The van der Waals surface area contributed by atoms with Gasteiger partial charge in [-0.3, -0.25) is 4.90 Å². The van der Waals surface area contributed by atoms with Gasteiger partial charge in [0.2, 0.25) is 0 Å². The molecule has 1 aliphatic rings. The predicted molar refractivity (Wildman–Crippen MR) is 39.9 cm³/mol. The summed E-state index contributed by atoms with van der Waals surface area (Å²) < 4.78 is 0. The molecule has 1 fully saturated rings. The summed E-state index contributed by atoms with van der Waals surface area (Å²) in [6.07, 6.45) is -0.774. The van der Waals surface area contributed by atoms with E-state index in [-0.39, 0.29) is 6.54 Å². The maximum atomic E-state index is 10.6. The molecule has 12 heavy (non-hydrogen) atoms. The van der Waals surface area contributed by atoms with E-state index in [4.69, 9.17) is 10.2 Å². The quantitative estimate of drug-likeness (QED) is 0.559. The molecule has 66 valence electrons. The fourth-order valence-corrected chi connectivity index (χ4v) is 1.26. The number of likely N-dealkylation sites (tertiary alicyclic amines) is 1. The normalized spacial score (nSPS) is 22.8. The van der Waals surface area contributed by atoms with Gasteiger partial charge in [-0.05, 0) is 12.0 Å². The highest BCUT2D eigenvalue weighted by Crippen LogP contribution is 2.21. The molecular formula is C7H9NO4. The van der Waals surface area contributed by atoms with Gasteiger partial charge in [0, 0.05) is 6.54 Å². The van der Waals surface area contributed by atoms with Crippen molar-refractivity contribution in [1.82, 2.24) is 4.90 Å². The van der Waals surface area contributed by atoms with E-state index < -0.39 is 18.1 Å². The van der Waals surface area contributed by atoms with Gasteiger partial charge in [0.15, 0.2) is 6.04 Å². The van der Waals surface area contributed by atoms with Crippen LogP contribution in [0.1, 0.15) is 6.42 Å². The molecular weight excluding hydrogens is 162 g/mol. The van der Waals surface area contributed by atoms with E-state index >= 15 is 0 Å². The summed E-state index contributed by atoms with van der Waals surface area (Å²) in [6.45, 7) is 3.73. The molecule has 0 aromatic heterocycles. The van der Waals surface area contributed by atoms with E-state index in [0.29, 0.717) is 12.0 Å². The molecule has 1 unspecified atom stereocenters. The van der Waals surface area contributed by atoms with E-state index in [1.165, 1.54) is 0 Å². The van der Waals surface area contributed by atoms with Gasteiger partial charge < -0.3 is 10.2 Å². The van der Waals surface area contributed by atoms with Crippen molar-refractivity contribution < 1.29 is 19.8 Å². The Kier molecular flexibility index (Phi) is 2.03. The minimum Gasteiger partial charge on any atom is -0.479 e. The van der Waals surface area contributed by atoms with Crippen LogP contribution in [0.2, 0.25) is 0 Å². The lowest BCUT2D eigenvalue weighted by Crippen LogP contribution is -2.40. The third-order valence-electron chi connectivity index (χ3n) is 1.85. The maximum Gasteiger partial charge on any atom is 0.408 e. The Bertz CT molecular complexity index is 248. The summed E-state index contributed by atoms with van der Waals surface area (Å²) in [4.78, 5) is 21.9. The van der Waals surface area contributed by atoms with Crippen LogP contribution < -0.4 is 0 Å². The van der Waals surface area contributed by atoms with Crippen LogP contribution in [-0.4, -0.2) is 39.8 Å². The summed E-state index contributed by atoms with van der Waals surface area (Å²) in [5.74, 6) is -1.15. The first-order valence-electron chi connectivity index (χ1n) is 3.44. The zero-order chi connectivity index (χ0) is 9.30. The number of rotatable bonds is 1. The molecule has 0 aromatic rings. The molecule has 1 aliphatic heterocycles. The monoisotopic (exact) mass is 171 g/mol. The molecule has 0 spiro atoms. The van der Waals surface area contributed by atoms with Gasteiger partial charge in [-0.2, -0.15) is 0 Å². The van der Waals surface area contributed by atoms with Crippen molar-refractivity contribution >= 4 is 12.1 Å². The number of carboxylic acids is 1. The number of hydrogen-bond acceptors (Lipinski definition) is 2. The van der Waals surface area contributed by atoms with Gasteiger partial charge in [0.25, 0.3) is 0 Å². The van der Waals surface area contributed by atoms with E-state index in [1.807, 2.05) is 0 Å². The Labute approximate surface area is 68.9 Å². The summed E-state index contributed by atoms with van der Waals surface area (Å²) >= 11 is 0. The summed E-state index contributed by atoms with van der Waals surface area (Å²) in [7, 11) is 0. The first-order chi connectivity index (χ1) is 5.54. The Morgan fingerprint density at radius 3 is 2.42 bits per heavy atom. The Morgan fingerprint density at radius 2 is 2.08 bits per heavy atom. The van der Waals surface area contributed by atoms with Crippen LogP contribution in [0.4, 0.5) is 4.79 Å². The van der Waals surface area contributed by atoms with Crippen LogP contribution in [0.25, 0.3) is 0 Å². The minimum absolute atomic E-state index is 0.227. The molecule has 1 atom stereocenters. The minimum atomic E-state index is -1.21. The highest BCUT2D eigenvalue weighted by atomic mass is 16.4. The standard InChI is InChI=1S/C7H9NO4/c1-4-2-3-8(7(11)12)5(4)6(9)10/h5H,1-3H2,(H,9,10)(H,11,12). The van der Waals surface area contributed by atoms with Gasteiger partial charge in [-0.25, -0.2) is 9.59 Å². The molecule has 5 nitrogen and oxygen atoms in total. The smallest absolute Gasteiger partial charge is 0.408 e. The van der Waals surface area contributed by atoms with Crippen LogP contribution in [0.15, 0.2) is 12.2 Å². The second kappa shape index (κ2) is 2.84. The molecule has 5 heteroatoms. The molecule has 0 aliphatic carbocycles. The van der Waals surface area contributed by atoms with Gasteiger partial charge in [0.1, 0.15) is 0 Å². The van der Waals surface area contributed by atoms with Gasteiger partial charge in [-0.15, -0.1) is 0 Å². The predicted octanol–water partition coefficient (Wildman–Crippen LogP) is 0.379. The first kappa shape index (κ1) is 8.58. The summed E-state index contributed by atoms with van der Waals surface area (Å²) in [5, 5.41) is 17.2. The first-order valence-corrected chi connectivity index (χ1v) is 3.44. The highest BCUT2D eigenvalue weighted by molar-refractivity contribution is 5.83. The van der Waals surface area contributed by atoms with Crippen molar-refractivity contribution in [3.05, 3.63) is 12.2 Å². The molecule has 0 aromatic carbocycles. The summed E-state index contributed by atoms with van der Waals surface area (Å²) in [6, 6.07) is -1.05. The van der Waals surface area contributed by atoms with Crippen molar-refractivity contribution in [2.24, 2.45) is 0 Å². The molecule has 2 N–H and O–H groups in total. The van der Waals surface area contributed by atoms with Gasteiger partial charge in [-0.1, -0.05) is 6.58 Å². The zero-order valence-electron chi connectivity index (χ0n) is 6.36. The summed E-state index contributed by atoms with van der Waals surface area (Å²) in [5.41, 5.74) is 0.449. The number of carboxylic acid groups (broad SMARTS) is 2. The van der Waals surface area contributed by atoms with Gasteiger partial charge >= 0.3 is 12.1 Å². The highest BCUT2D eigenvalue weighted by Gasteiger charge is 2.36. The number of carbonyl (C=O) groups is 2. The number of hydrogen-bond donors (Lipinski definition) is 2. The van der Waals surface area contributed by atoms with Crippen molar-refractivity contribution in [2.75, 3.05) is 6.54 Å². The molecule has 1 rings (SSSR count). The average Bonchev–Trinajstić information content (AvgIpc) is 2.30. The van der Waals surface area contributed by atoms with Crippen LogP contribution in [-0.2, 0) is 4.79 Å². The van der Waals surface area contributed by atoms with E-state index in [9.17, 15) is 9.59 Å². The zero-order valence-corrected chi connectivity index (χ0v) is 6.36. The van der Waals surface area contributed by atoms with E-state index in [0.717, 1.165) is 4.90 Å². The third-order valence-corrected chi connectivity index (χ3v) is 1.85. The second-order valence-electron chi connectivity index (χ2n) is 2.62.